The third-order valence-corrected chi connectivity index (χ3v) is 3.63. The van der Waals surface area contributed by atoms with E-state index in [1.165, 1.54) is 12.1 Å². The maximum Gasteiger partial charge on any atom is 0.307 e. The summed E-state index contributed by atoms with van der Waals surface area (Å²) in [5.41, 5.74) is 1.46. The summed E-state index contributed by atoms with van der Waals surface area (Å²) in [6, 6.07) is 4.61. The molecule has 2 atom stereocenters. The molecule has 2 aromatic rings. The Hall–Kier alpha value is -1.91. The van der Waals surface area contributed by atoms with Crippen molar-refractivity contribution in [3.05, 3.63) is 29.8 Å². The SMILES string of the molecule is CC(C)n1c(C2CC2C(=O)O)nc2ccc(F)cc21. The zero-order valence-corrected chi connectivity index (χ0v) is 10.8. The van der Waals surface area contributed by atoms with E-state index in [9.17, 15) is 9.18 Å². The predicted molar refractivity (Wildman–Crippen MR) is 68.6 cm³/mol. The Kier molecular flexibility index (Phi) is 2.59. The summed E-state index contributed by atoms with van der Waals surface area (Å²) in [5, 5.41) is 9.04. The molecule has 1 aromatic carbocycles. The molecule has 0 aliphatic heterocycles. The molecule has 0 bridgehead atoms. The van der Waals surface area contributed by atoms with Crippen molar-refractivity contribution in [1.82, 2.24) is 9.55 Å². The Morgan fingerprint density at radius 3 is 2.84 bits per heavy atom. The first kappa shape index (κ1) is 12.1. The molecule has 3 rings (SSSR count). The van der Waals surface area contributed by atoms with Crippen LogP contribution in [-0.4, -0.2) is 20.6 Å². The zero-order valence-electron chi connectivity index (χ0n) is 10.8. The van der Waals surface area contributed by atoms with Gasteiger partial charge in [0.2, 0.25) is 0 Å². The Balaban J connectivity index is 2.14. The van der Waals surface area contributed by atoms with Crippen LogP contribution in [0.2, 0.25) is 0 Å². The van der Waals surface area contributed by atoms with E-state index in [4.69, 9.17) is 5.11 Å². The second kappa shape index (κ2) is 4.05. The van der Waals surface area contributed by atoms with Crippen LogP contribution in [0.1, 0.15) is 38.1 Å². The highest BCUT2D eigenvalue weighted by Gasteiger charge is 2.47. The van der Waals surface area contributed by atoms with Crippen LogP contribution >= 0.6 is 0 Å². The van der Waals surface area contributed by atoms with E-state index in [0.29, 0.717) is 6.42 Å². The molecule has 0 saturated heterocycles. The molecule has 5 heteroatoms. The number of nitrogens with zero attached hydrogens (tertiary/aromatic N) is 2. The van der Waals surface area contributed by atoms with Crippen LogP contribution in [0.25, 0.3) is 11.0 Å². The van der Waals surface area contributed by atoms with Gasteiger partial charge in [-0.1, -0.05) is 0 Å². The van der Waals surface area contributed by atoms with E-state index in [-0.39, 0.29) is 23.7 Å². The van der Waals surface area contributed by atoms with Crippen LogP contribution in [0.3, 0.4) is 0 Å². The highest BCUT2D eigenvalue weighted by Crippen LogP contribution is 2.48. The van der Waals surface area contributed by atoms with E-state index in [0.717, 1.165) is 16.9 Å². The van der Waals surface area contributed by atoms with Gasteiger partial charge in [-0.15, -0.1) is 0 Å². The van der Waals surface area contributed by atoms with Gasteiger partial charge in [0.15, 0.2) is 0 Å². The van der Waals surface area contributed by atoms with Gasteiger partial charge in [-0.05, 0) is 38.5 Å². The van der Waals surface area contributed by atoms with Gasteiger partial charge in [-0.2, -0.15) is 0 Å². The number of carboxylic acid groups (broad SMARTS) is 1. The number of imidazole rings is 1. The van der Waals surface area contributed by atoms with Gasteiger partial charge in [0.25, 0.3) is 0 Å². The molecule has 0 spiro atoms. The van der Waals surface area contributed by atoms with Crippen LogP contribution in [0.5, 0.6) is 0 Å². The largest absolute Gasteiger partial charge is 0.481 e. The maximum atomic E-state index is 13.4. The summed E-state index contributed by atoms with van der Waals surface area (Å²) in [5.74, 6) is -0.706. The molecule has 4 nitrogen and oxygen atoms in total. The van der Waals surface area contributed by atoms with Crippen molar-refractivity contribution >= 4 is 17.0 Å². The molecule has 19 heavy (non-hydrogen) atoms. The molecular weight excluding hydrogens is 247 g/mol. The van der Waals surface area contributed by atoms with E-state index < -0.39 is 5.97 Å². The number of fused-ring (bicyclic) bond motifs is 1. The van der Waals surface area contributed by atoms with Crippen LogP contribution in [-0.2, 0) is 4.79 Å². The number of aromatic nitrogens is 2. The molecule has 1 N–H and O–H groups in total. The number of rotatable bonds is 3. The van der Waals surface area contributed by atoms with Crippen molar-refractivity contribution in [3.63, 3.8) is 0 Å². The normalized spacial score (nSPS) is 22.1. The third-order valence-electron chi connectivity index (χ3n) is 3.63. The van der Waals surface area contributed by atoms with Crippen molar-refractivity contribution in [2.75, 3.05) is 0 Å². The third kappa shape index (κ3) is 1.89. The molecular formula is C14H15FN2O2. The Labute approximate surface area is 109 Å². The number of benzene rings is 1. The van der Waals surface area contributed by atoms with E-state index in [1.54, 1.807) is 6.07 Å². The summed E-state index contributed by atoms with van der Waals surface area (Å²) < 4.78 is 15.3. The molecule has 1 aliphatic rings. The average molecular weight is 262 g/mol. The lowest BCUT2D eigenvalue weighted by atomic mass is 10.2. The number of carbonyl (C=O) groups is 1. The Morgan fingerprint density at radius 1 is 1.53 bits per heavy atom. The van der Waals surface area contributed by atoms with E-state index >= 15 is 0 Å². The number of hydrogen-bond donors (Lipinski definition) is 1. The highest BCUT2D eigenvalue weighted by molar-refractivity contribution is 5.78. The second-order valence-corrected chi connectivity index (χ2v) is 5.35. The van der Waals surface area contributed by atoms with Gasteiger partial charge in [-0.25, -0.2) is 9.37 Å². The lowest BCUT2D eigenvalue weighted by Crippen LogP contribution is -2.08. The number of aliphatic carboxylic acids is 1. The minimum Gasteiger partial charge on any atom is -0.481 e. The van der Waals surface area contributed by atoms with Gasteiger partial charge in [0, 0.05) is 12.0 Å². The van der Waals surface area contributed by atoms with Crippen LogP contribution in [0.15, 0.2) is 18.2 Å². The zero-order chi connectivity index (χ0) is 13.7. The van der Waals surface area contributed by atoms with Crippen molar-refractivity contribution in [2.45, 2.75) is 32.2 Å². The molecule has 0 amide bonds. The van der Waals surface area contributed by atoms with Gasteiger partial charge in [0.05, 0.1) is 17.0 Å². The number of halogens is 1. The molecule has 100 valence electrons. The lowest BCUT2D eigenvalue weighted by Gasteiger charge is -2.12. The minimum atomic E-state index is -0.779. The predicted octanol–water partition coefficient (Wildman–Crippen LogP) is 2.94. The number of hydrogen-bond acceptors (Lipinski definition) is 2. The highest BCUT2D eigenvalue weighted by atomic mass is 19.1. The molecule has 1 heterocycles. The van der Waals surface area contributed by atoms with Crippen LogP contribution < -0.4 is 0 Å². The first-order valence-electron chi connectivity index (χ1n) is 6.39. The van der Waals surface area contributed by atoms with Crippen molar-refractivity contribution in [2.24, 2.45) is 5.92 Å². The van der Waals surface area contributed by atoms with Gasteiger partial charge < -0.3 is 9.67 Å². The molecule has 1 aliphatic carbocycles. The fraction of sp³-hybridized carbons (Fsp3) is 0.429. The topological polar surface area (TPSA) is 55.1 Å². The van der Waals surface area contributed by atoms with Crippen LogP contribution in [0.4, 0.5) is 4.39 Å². The smallest absolute Gasteiger partial charge is 0.307 e. The van der Waals surface area contributed by atoms with E-state index in [2.05, 4.69) is 4.98 Å². The number of carboxylic acids is 1. The summed E-state index contributed by atoms with van der Waals surface area (Å²) in [4.78, 5) is 15.5. The first-order valence-corrected chi connectivity index (χ1v) is 6.39. The second-order valence-electron chi connectivity index (χ2n) is 5.35. The fourth-order valence-electron chi connectivity index (χ4n) is 2.64. The molecule has 2 unspecified atom stereocenters. The summed E-state index contributed by atoms with van der Waals surface area (Å²) in [7, 11) is 0. The van der Waals surface area contributed by atoms with Crippen molar-refractivity contribution < 1.29 is 14.3 Å². The van der Waals surface area contributed by atoms with Crippen molar-refractivity contribution in [3.8, 4) is 0 Å². The quantitative estimate of drug-likeness (QED) is 0.925. The monoisotopic (exact) mass is 262 g/mol. The molecule has 1 fully saturated rings. The van der Waals surface area contributed by atoms with Crippen molar-refractivity contribution in [1.29, 1.82) is 0 Å². The summed E-state index contributed by atoms with van der Waals surface area (Å²) in [6.45, 7) is 3.99. The van der Waals surface area contributed by atoms with Gasteiger partial charge >= 0.3 is 5.97 Å². The molecule has 0 radical (unpaired) electrons. The molecule has 1 saturated carbocycles. The standard InChI is InChI=1S/C14H15FN2O2/c1-7(2)17-12-5-8(15)3-4-11(12)16-13(17)9-6-10(9)14(18)19/h3-5,7,9-10H,6H2,1-2H3,(H,18,19). The lowest BCUT2D eigenvalue weighted by molar-refractivity contribution is -0.138. The fourth-order valence-corrected chi connectivity index (χ4v) is 2.64. The van der Waals surface area contributed by atoms with E-state index in [1.807, 2.05) is 18.4 Å². The van der Waals surface area contributed by atoms with Crippen LogP contribution in [0, 0.1) is 11.7 Å². The molecule has 1 aromatic heterocycles. The Bertz CT molecular complexity index is 663. The van der Waals surface area contributed by atoms with Gasteiger partial charge in [0.1, 0.15) is 11.6 Å². The minimum absolute atomic E-state index is 0.0460. The Morgan fingerprint density at radius 2 is 2.26 bits per heavy atom. The maximum absolute atomic E-state index is 13.4. The average Bonchev–Trinajstić information content (AvgIpc) is 3.04. The van der Waals surface area contributed by atoms with Gasteiger partial charge in [-0.3, -0.25) is 4.79 Å². The summed E-state index contributed by atoms with van der Waals surface area (Å²) in [6.07, 6.45) is 0.619. The summed E-state index contributed by atoms with van der Waals surface area (Å²) >= 11 is 0. The first-order chi connectivity index (χ1) is 8.99.